The predicted molar refractivity (Wildman–Crippen MR) is 117 cm³/mol. The van der Waals surface area contributed by atoms with E-state index in [0.717, 1.165) is 32.0 Å². The molecule has 0 spiro atoms. The van der Waals surface area contributed by atoms with Gasteiger partial charge >= 0.3 is 0 Å². The Labute approximate surface area is 176 Å². The molecule has 1 heterocycles. The summed E-state index contributed by atoms with van der Waals surface area (Å²) in [7, 11) is 0.734. The smallest absolute Gasteiger partial charge is 0.242 e. The molecule has 0 aliphatic carbocycles. The molecule has 0 aliphatic rings. The molecule has 0 radical (unpaired) electrons. The number of carbonyl (C=O) groups excluding carboxylic acids is 1. The van der Waals surface area contributed by atoms with Gasteiger partial charge in [-0.1, -0.05) is 18.2 Å². The molecule has 1 amide bonds. The van der Waals surface area contributed by atoms with Crippen molar-refractivity contribution in [3.63, 3.8) is 0 Å². The van der Waals surface area contributed by atoms with E-state index >= 15 is 0 Å². The first-order valence-electron chi connectivity index (χ1n) is 9.40. The first kappa shape index (κ1) is 21.7. The molecule has 0 saturated heterocycles. The fraction of sp³-hybridized carbons (Fsp3) is 0.273. The lowest BCUT2D eigenvalue weighted by Crippen LogP contribution is -2.23. The van der Waals surface area contributed by atoms with Crippen molar-refractivity contribution in [1.29, 1.82) is 0 Å². The molecule has 0 saturated carbocycles. The highest BCUT2D eigenvalue weighted by molar-refractivity contribution is 7.89. The molecule has 0 aliphatic heterocycles. The number of nitrogens with zero attached hydrogens (tertiary/aromatic N) is 2. The number of rotatable bonds is 6. The first-order chi connectivity index (χ1) is 14.1. The van der Waals surface area contributed by atoms with Gasteiger partial charge in [0.25, 0.3) is 0 Å². The van der Waals surface area contributed by atoms with E-state index in [0.29, 0.717) is 11.4 Å². The zero-order valence-corrected chi connectivity index (χ0v) is 18.5. The third-order valence-corrected chi connectivity index (χ3v) is 6.86. The summed E-state index contributed by atoms with van der Waals surface area (Å²) < 4.78 is 31.3. The summed E-state index contributed by atoms with van der Waals surface area (Å²) in [6.45, 7) is 3.86. The quantitative estimate of drug-likeness (QED) is 0.652. The topological polar surface area (TPSA) is 88.6 Å². The van der Waals surface area contributed by atoms with Crippen LogP contribution in [-0.4, -0.2) is 44.8 Å². The molecule has 1 N–H and O–H groups in total. The van der Waals surface area contributed by atoms with Gasteiger partial charge in [0, 0.05) is 25.2 Å². The van der Waals surface area contributed by atoms with Gasteiger partial charge in [0.15, 0.2) is 0 Å². The first-order valence-corrected chi connectivity index (χ1v) is 10.8. The molecule has 2 aromatic carbocycles. The van der Waals surface area contributed by atoms with Crippen molar-refractivity contribution in [2.24, 2.45) is 0 Å². The van der Waals surface area contributed by atoms with Crippen molar-refractivity contribution in [2.75, 3.05) is 26.5 Å². The fourth-order valence-electron chi connectivity index (χ4n) is 3.34. The number of hydrogen-bond donors (Lipinski definition) is 1. The van der Waals surface area contributed by atoms with Crippen molar-refractivity contribution in [3.8, 4) is 5.75 Å². The van der Waals surface area contributed by atoms with Crippen LogP contribution in [0.5, 0.6) is 5.75 Å². The summed E-state index contributed by atoms with van der Waals surface area (Å²) in [6, 6.07) is 12.2. The molecule has 1 aromatic heterocycles. The van der Waals surface area contributed by atoms with Crippen LogP contribution in [0.4, 0.5) is 5.69 Å². The Morgan fingerprint density at radius 2 is 1.83 bits per heavy atom. The third-order valence-electron chi connectivity index (χ3n) is 5.05. The standard InChI is InChI=1S/C22H25N3O4S/c1-14-17-8-6-7-9-19(17)23-15(2)18(14)13-22(26)24-20-12-16(10-11-21(20)29-5)30(27,28)25(3)4/h6-12H,13H2,1-5H3,(H,24,26). The third kappa shape index (κ3) is 4.15. The summed E-state index contributed by atoms with van der Waals surface area (Å²) in [5.74, 6) is 0.0992. The van der Waals surface area contributed by atoms with E-state index in [9.17, 15) is 13.2 Å². The minimum absolute atomic E-state index is 0.0725. The Morgan fingerprint density at radius 3 is 2.50 bits per heavy atom. The van der Waals surface area contributed by atoms with E-state index < -0.39 is 10.0 Å². The molecular weight excluding hydrogens is 402 g/mol. The number of pyridine rings is 1. The molecule has 0 atom stereocenters. The van der Waals surface area contributed by atoms with Crippen LogP contribution >= 0.6 is 0 Å². The van der Waals surface area contributed by atoms with Crippen LogP contribution < -0.4 is 10.1 Å². The number of para-hydroxylation sites is 1. The second-order valence-electron chi connectivity index (χ2n) is 7.19. The van der Waals surface area contributed by atoms with Crippen molar-refractivity contribution in [3.05, 3.63) is 59.3 Å². The van der Waals surface area contributed by atoms with Gasteiger partial charge < -0.3 is 10.1 Å². The zero-order chi connectivity index (χ0) is 22.1. The summed E-state index contributed by atoms with van der Waals surface area (Å²) in [5.41, 5.74) is 3.83. The van der Waals surface area contributed by atoms with E-state index in [1.54, 1.807) is 0 Å². The second kappa shape index (κ2) is 8.41. The zero-order valence-electron chi connectivity index (χ0n) is 17.7. The van der Waals surface area contributed by atoms with Crippen LogP contribution in [0.25, 0.3) is 10.9 Å². The van der Waals surface area contributed by atoms with E-state index in [1.165, 1.54) is 39.4 Å². The van der Waals surface area contributed by atoms with Gasteiger partial charge in [-0.25, -0.2) is 12.7 Å². The minimum atomic E-state index is -3.64. The van der Waals surface area contributed by atoms with Gasteiger partial charge in [0.05, 0.1) is 29.6 Å². The molecule has 0 fully saturated rings. The number of aryl methyl sites for hydroxylation is 2. The van der Waals surface area contributed by atoms with Crippen molar-refractivity contribution in [2.45, 2.75) is 25.2 Å². The number of amides is 1. The number of anilines is 1. The molecule has 8 heteroatoms. The maximum atomic E-state index is 12.8. The number of fused-ring (bicyclic) bond motifs is 1. The van der Waals surface area contributed by atoms with Gasteiger partial charge in [-0.2, -0.15) is 0 Å². The average Bonchev–Trinajstić information content (AvgIpc) is 2.71. The normalized spacial score (nSPS) is 11.7. The summed E-state index contributed by atoms with van der Waals surface area (Å²) in [4.78, 5) is 17.5. The lowest BCUT2D eigenvalue weighted by molar-refractivity contribution is -0.115. The number of nitrogens with one attached hydrogen (secondary N) is 1. The van der Waals surface area contributed by atoms with Gasteiger partial charge in [0.1, 0.15) is 5.75 Å². The predicted octanol–water partition coefficient (Wildman–Crippen LogP) is 3.29. The summed E-state index contributed by atoms with van der Waals surface area (Å²) >= 11 is 0. The van der Waals surface area contributed by atoms with Gasteiger partial charge in [-0.05, 0) is 49.2 Å². The van der Waals surface area contributed by atoms with Crippen LogP contribution in [0.3, 0.4) is 0 Å². The number of sulfonamides is 1. The lowest BCUT2D eigenvalue weighted by atomic mass is 9.99. The van der Waals surface area contributed by atoms with Crippen molar-refractivity contribution in [1.82, 2.24) is 9.29 Å². The van der Waals surface area contributed by atoms with E-state index in [4.69, 9.17) is 4.74 Å². The van der Waals surface area contributed by atoms with Gasteiger partial charge in [-0.15, -0.1) is 0 Å². The maximum absolute atomic E-state index is 12.8. The Balaban J connectivity index is 1.92. The SMILES string of the molecule is COc1ccc(S(=O)(=O)N(C)C)cc1NC(=O)Cc1c(C)nc2ccccc2c1C. The highest BCUT2D eigenvalue weighted by atomic mass is 32.2. The maximum Gasteiger partial charge on any atom is 0.242 e. The Kier molecular flexibility index (Phi) is 6.09. The Bertz CT molecular complexity index is 1220. The summed E-state index contributed by atoms with van der Waals surface area (Å²) in [5, 5.41) is 3.79. The Morgan fingerprint density at radius 1 is 1.13 bits per heavy atom. The minimum Gasteiger partial charge on any atom is -0.495 e. The number of methoxy groups -OCH3 is 1. The molecule has 0 bridgehead atoms. The second-order valence-corrected chi connectivity index (χ2v) is 9.34. The number of aromatic nitrogens is 1. The largest absolute Gasteiger partial charge is 0.495 e. The molecule has 7 nitrogen and oxygen atoms in total. The Hall–Kier alpha value is -2.97. The number of carbonyl (C=O) groups is 1. The highest BCUT2D eigenvalue weighted by Gasteiger charge is 2.20. The average molecular weight is 428 g/mol. The fourth-order valence-corrected chi connectivity index (χ4v) is 4.27. The van der Waals surface area contributed by atoms with Crippen molar-refractivity contribution >= 4 is 32.5 Å². The molecular formula is C22H25N3O4S. The van der Waals surface area contributed by atoms with Crippen LogP contribution in [0.2, 0.25) is 0 Å². The lowest BCUT2D eigenvalue weighted by Gasteiger charge is -2.16. The van der Waals surface area contributed by atoms with Crippen LogP contribution in [0, 0.1) is 13.8 Å². The molecule has 0 unspecified atom stereocenters. The van der Waals surface area contributed by atoms with E-state index in [-0.39, 0.29) is 17.2 Å². The molecule has 3 rings (SSSR count). The number of benzene rings is 2. The summed E-state index contributed by atoms with van der Waals surface area (Å²) in [6.07, 6.45) is 0.114. The molecule has 158 valence electrons. The van der Waals surface area contributed by atoms with Crippen LogP contribution in [-0.2, 0) is 21.2 Å². The van der Waals surface area contributed by atoms with Crippen LogP contribution in [0.15, 0.2) is 47.4 Å². The van der Waals surface area contributed by atoms with Gasteiger partial charge in [-0.3, -0.25) is 9.78 Å². The van der Waals surface area contributed by atoms with E-state index in [2.05, 4.69) is 10.3 Å². The number of hydrogen-bond acceptors (Lipinski definition) is 5. The van der Waals surface area contributed by atoms with Gasteiger partial charge in [0.2, 0.25) is 15.9 Å². The van der Waals surface area contributed by atoms with Crippen LogP contribution in [0.1, 0.15) is 16.8 Å². The van der Waals surface area contributed by atoms with E-state index in [1.807, 2.05) is 38.1 Å². The molecule has 3 aromatic rings. The highest BCUT2D eigenvalue weighted by Crippen LogP contribution is 2.29. The van der Waals surface area contributed by atoms with Crippen molar-refractivity contribution < 1.29 is 17.9 Å². The number of ether oxygens (including phenoxy) is 1. The monoisotopic (exact) mass is 427 g/mol. The molecule has 30 heavy (non-hydrogen) atoms.